The zero-order valence-corrected chi connectivity index (χ0v) is 14.6. The SMILES string of the molecule is C=C(NNC(=O)c1ccc(Cl)cc1)c1ccc(N2CCOCC2)cc1. The maximum atomic E-state index is 12.1. The second-order valence-electron chi connectivity index (χ2n) is 5.71. The summed E-state index contributed by atoms with van der Waals surface area (Å²) in [6.45, 7) is 7.28. The molecule has 2 aromatic rings. The van der Waals surface area contributed by atoms with E-state index in [1.54, 1.807) is 24.3 Å². The topological polar surface area (TPSA) is 53.6 Å². The van der Waals surface area contributed by atoms with E-state index in [1.807, 2.05) is 12.1 Å². The van der Waals surface area contributed by atoms with E-state index >= 15 is 0 Å². The van der Waals surface area contributed by atoms with Crippen molar-refractivity contribution in [2.75, 3.05) is 31.2 Å². The van der Waals surface area contributed by atoms with Gasteiger partial charge >= 0.3 is 0 Å². The second kappa shape index (κ2) is 8.05. The summed E-state index contributed by atoms with van der Waals surface area (Å²) in [5, 5.41) is 0.592. The summed E-state index contributed by atoms with van der Waals surface area (Å²) < 4.78 is 5.37. The number of amides is 1. The summed E-state index contributed by atoms with van der Waals surface area (Å²) in [5.74, 6) is -0.247. The summed E-state index contributed by atoms with van der Waals surface area (Å²) in [4.78, 5) is 14.4. The largest absolute Gasteiger partial charge is 0.378 e. The van der Waals surface area contributed by atoms with E-state index in [0.717, 1.165) is 37.6 Å². The molecule has 1 aliphatic rings. The summed E-state index contributed by atoms with van der Waals surface area (Å²) in [6.07, 6.45) is 0. The van der Waals surface area contributed by atoms with E-state index in [1.165, 1.54) is 0 Å². The Balaban J connectivity index is 1.55. The third-order valence-electron chi connectivity index (χ3n) is 4.03. The Morgan fingerprint density at radius 3 is 2.20 bits per heavy atom. The van der Waals surface area contributed by atoms with E-state index in [4.69, 9.17) is 16.3 Å². The average Bonchev–Trinajstić information content (AvgIpc) is 2.67. The van der Waals surface area contributed by atoms with Crippen molar-refractivity contribution in [2.24, 2.45) is 0 Å². The fourth-order valence-electron chi connectivity index (χ4n) is 2.57. The van der Waals surface area contributed by atoms with Gasteiger partial charge in [0.15, 0.2) is 0 Å². The third-order valence-corrected chi connectivity index (χ3v) is 4.28. The van der Waals surface area contributed by atoms with Crippen molar-refractivity contribution < 1.29 is 9.53 Å². The highest BCUT2D eigenvalue weighted by Crippen LogP contribution is 2.19. The zero-order chi connectivity index (χ0) is 17.6. The second-order valence-corrected chi connectivity index (χ2v) is 6.15. The monoisotopic (exact) mass is 357 g/mol. The van der Waals surface area contributed by atoms with E-state index in [2.05, 4.69) is 34.5 Å². The minimum Gasteiger partial charge on any atom is -0.378 e. The van der Waals surface area contributed by atoms with Gasteiger partial charge < -0.3 is 9.64 Å². The minimum atomic E-state index is -0.247. The Labute approximate surface area is 152 Å². The molecule has 0 radical (unpaired) electrons. The molecule has 1 heterocycles. The molecule has 6 heteroatoms. The summed E-state index contributed by atoms with van der Waals surface area (Å²) in [6, 6.07) is 14.7. The van der Waals surface area contributed by atoms with Crippen molar-refractivity contribution in [3.05, 3.63) is 71.3 Å². The van der Waals surface area contributed by atoms with Crippen molar-refractivity contribution in [2.45, 2.75) is 0 Å². The quantitative estimate of drug-likeness (QED) is 0.807. The molecule has 2 aromatic carbocycles. The number of ether oxygens (including phenoxy) is 1. The molecule has 0 atom stereocenters. The first-order valence-corrected chi connectivity index (χ1v) is 8.45. The van der Waals surface area contributed by atoms with E-state index in [9.17, 15) is 4.79 Å². The number of nitrogens with one attached hydrogen (secondary N) is 2. The van der Waals surface area contributed by atoms with Gasteiger partial charge in [0, 0.05) is 29.4 Å². The smallest absolute Gasteiger partial charge is 0.269 e. The number of anilines is 1. The molecule has 0 bridgehead atoms. The van der Waals surface area contributed by atoms with Crippen LogP contribution in [0.4, 0.5) is 5.69 Å². The zero-order valence-electron chi connectivity index (χ0n) is 13.8. The lowest BCUT2D eigenvalue weighted by Crippen LogP contribution is -2.36. The molecular formula is C19H20ClN3O2. The number of benzene rings is 2. The Hall–Kier alpha value is -2.50. The van der Waals surface area contributed by atoms with Gasteiger partial charge in [-0.25, -0.2) is 0 Å². The lowest BCUT2D eigenvalue weighted by Gasteiger charge is -2.29. The van der Waals surface area contributed by atoms with Gasteiger partial charge in [0.25, 0.3) is 5.91 Å². The molecule has 0 unspecified atom stereocenters. The number of hydrogen-bond donors (Lipinski definition) is 2. The van der Waals surface area contributed by atoms with Gasteiger partial charge in [0.05, 0.1) is 18.9 Å². The number of halogens is 1. The van der Waals surface area contributed by atoms with Gasteiger partial charge in [-0.2, -0.15) is 0 Å². The van der Waals surface area contributed by atoms with Gasteiger partial charge in [0.2, 0.25) is 0 Å². The molecule has 3 rings (SSSR count). The van der Waals surface area contributed by atoms with Crippen molar-refractivity contribution in [1.82, 2.24) is 10.9 Å². The van der Waals surface area contributed by atoms with Gasteiger partial charge in [-0.1, -0.05) is 30.3 Å². The van der Waals surface area contributed by atoms with E-state index in [-0.39, 0.29) is 5.91 Å². The fraction of sp³-hybridized carbons (Fsp3) is 0.211. The first-order chi connectivity index (χ1) is 12.1. The van der Waals surface area contributed by atoms with Crippen LogP contribution in [0.25, 0.3) is 5.70 Å². The minimum absolute atomic E-state index is 0.247. The highest BCUT2D eigenvalue weighted by molar-refractivity contribution is 6.30. The maximum absolute atomic E-state index is 12.1. The normalized spacial score (nSPS) is 14.0. The van der Waals surface area contributed by atoms with Crippen LogP contribution >= 0.6 is 11.6 Å². The molecule has 0 spiro atoms. The molecule has 0 saturated carbocycles. The van der Waals surface area contributed by atoms with Crippen LogP contribution in [-0.4, -0.2) is 32.2 Å². The standard InChI is InChI=1S/C19H20ClN3O2/c1-14(21-22-19(24)16-2-6-17(20)7-3-16)15-4-8-18(9-5-15)23-10-12-25-13-11-23/h2-9,21H,1,10-13H2,(H,22,24). The molecule has 1 saturated heterocycles. The molecule has 1 fully saturated rings. The first kappa shape index (κ1) is 17.3. The van der Waals surface area contributed by atoms with Gasteiger partial charge in [0.1, 0.15) is 0 Å². The Bertz CT molecular complexity index is 738. The van der Waals surface area contributed by atoms with Crippen LogP contribution in [0, 0.1) is 0 Å². The summed E-state index contributed by atoms with van der Waals surface area (Å²) in [5.41, 5.74) is 8.70. The predicted octanol–water partition coefficient (Wildman–Crippen LogP) is 3.08. The molecule has 130 valence electrons. The molecule has 1 amide bonds. The first-order valence-electron chi connectivity index (χ1n) is 8.07. The van der Waals surface area contributed by atoms with Crippen LogP contribution in [0.5, 0.6) is 0 Å². The van der Waals surface area contributed by atoms with Gasteiger partial charge in [-0.15, -0.1) is 0 Å². The van der Waals surface area contributed by atoms with Crippen molar-refractivity contribution in [3.63, 3.8) is 0 Å². The number of nitrogens with zero attached hydrogens (tertiary/aromatic N) is 1. The Kier molecular flexibility index (Phi) is 5.58. The highest BCUT2D eigenvalue weighted by Gasteiger charge is 2.11. The Morgan fingerprint density at radius 2 is 1.56 bits per heavy atom. The number of morpholine rings is 1. The molecule has 0 aromatic heterocycles. The lowest BCUT2D eigenvalue weighted by atomic mass is 10.1. The summed E-state index contributed by atoms with van der Waals surface area (Å²) in [7, 11) is 0. The van der Waals surface area contributed by atoms with Crippen LogP contribution < -0.4 is 15.8 Å². The van der Waals surface area contributed by atoms with Gasteiger partial charge in [-0.3, -0.25) is 15.6 Å². The van der Waals surface area contributed by atoms with Crippen LogP contribution in [0.2, 0.25) is 5.02 Å². The molecule has 2 N–H and O–H groups in total. The number of carbonyl (C=O) groups is 1. The maximum Gasteiger partial charge on any atom is 0.269 e. The molecule has 25 heavy (non-hydrogen) atoms. The van der Waals surface area contributed by atoms with Crippen LogP contribution in [0.15, 0.2) is 55.1 Å². The van der Waals surface area contributed by atoms with Crippen LogP contribution in [0.1, 0.15) is 15.9 Å². The lowest BCUT2D eigenvalue weighted by molar-refractivity contribution is 0.0942. The Morgan fingerprint density at radius 1 is 0.960 bits per heavy atom. The van der Waals surface area contributed by atoms with Crippen LogP contribution in [0.3, 0.4) is 0 Å². The number of hydrogen-bond acceptors (Lipinski definition) is 4. The number of rotatable bonds is 5. The molecule has 0 aliphatic carbocycles. The van der Waals surface area contributed by atoms with Gasteiger partial charge in [-0.05, 0) is 42.0 Å². The molecule has 5 nitrogen and oxygen atoms in total. The number of carbonyl (C=O) groups excluding carboxylic acids is 1. The van der Waals surface area contributed by atoms with Crippen molar-refractivity contribution in [3.8, 4) is 0 Å². The van der Waals surface area contributed by atoms with Crippen molar-refractivity contribution >= 4 is 28.9 Å². The van der Waals surface area contributed by atoms with Crippen molar-refractivity contribution in [1.29, 1.82) is 0 Å². The van der Waals surface area contributed by atoms with E-state index < -0.39 is 0 Å². The summed E-state index contributed by atoms with van der Waals surface area (Å²) >= 11 is 5.82. The molecular weight excluding hydrogens is 338 g/mol. The average molecular weight is 358 g/mol. The highest BCUT2D eigenvalue weighted by atomic mass is 35.5. The molecule has 1 aliphatic heterocycles. The fourth-order valence-corrected chi connectivity index (χ4v) is 2.70. The third kappa shape index (κ3) is 4.53. The van der Waals surface area contributed by atoms with Crippen LogP contribution in [-0.2, 0) is 4.74 Å². The number of hydrazine groups is 1. The van der Waals surface area contributed by atoms with E-state index in [0.29, 0.717) is 16.3 Å². The predicted molar refractivity (Wildman–Crippen MR) is 101 cm³/mol.